The summed E-state index contributed by atoms with van der Waals surface area (Å²) in [6.07, 6.45) is 6.28. The molecule has 3 aromatic rings. The normalized spacial score (nSPS) is 18.8. The molecule has 176 valence electrons. The van der Waals surface area contributed by atoms with Crippen LogP contribution in [0.4, 0.5) is 26.3 Å². The lowest BCUT2D eigenvalue weighted by Crippen LogP contribution is -2.15. The monoisotopic (exact) mass is 464 g/mol. The van der Waals surface area contributed by atoms with Gasteiger partial charge in [0.25, 0.3) is 0 Å². The molecule has 3 aromatic carbocycles. The Kier molecular flexibility index (Phi) is 7.01. The van der Waals surface area contributed by atoms with Gasteiger partial charge in [-0.15, -0.1) is 0 Å². The largest absolute Gasteiger partial charge is 0.206 e. The molecule has 0 aliphatic heterocycles. The van der Waals surface area contributed by atoms with Crippen molar-refractivity contribution in [2.75, 3.05) is 0 Å². The minimum atomic E-state index is -1.73. The molecule has 0 N–H and O–H groups in total. The third-order valence-electron chi connectivity index (χ3n) is 6.94. The van der Waals surface area contributed by atoms with E-state index in [9.17, 15) is 26.3 Å². The minimum Gasteiger partial charge on any atom is -0.206 e. The van der Waals surface area contributed by atoms with Gasteiger partial charge in [-0.25, -0.2) is 26.3 Å². The van der Waals surface area contributed by atoms with Gasteiger partial charge < -0.3 is 0 Å². The van der Waals surface area contributed by atoms with Gasteiger partial charge in [0, 0.05) is 0 Å². The van der Waals surface area contributed by atoms with E-state index in [4.69, 9.17) is 0 Å². The van der Waals surface area contributed by atoms with Crippen LogP contribution < -0.4 is 0 Å². The standard InChI is InChI=1S/C27H26F6/c1-2-3-15-4-7-17(8-5-15)20-11-10-18(24(30)25(20)31)9-6-16-12-19-14-22(29)26(32)27(33)23(19)21(28)13-16/h10-15,17H,2-9H2,1H3. The molecular formula is C27H26F6. The van der Waals surface area contributed by atoms with E-state index in [1.807, 2.05) is 0 Å². The fourth-order valence-electron chi connectivity index (χ4n) is 5.15. The van der Waals surface area contributed by atoms with Crippen molar-refractivity contribution in [1.29, 1.82) is 0 Å². The Hall–Kier alpha value is -2.50. The molecule has 0 radical (unpaired) electrons. The first kappa shape index (κ1) is 23.7. The maximum atomic E-state index is 14.9. The smallest absolute Gasteiger partial charge is 0.195 e. The molecule has 0 unspecified atom stereocenters. The van der Waals surface area contributed by atoms with Crippen molar-refractivity contribution < 1.29 is 26.3 Å². The summed E-state index contributed by atoms with van der Waals surface area (Å²) in [6, 6.07) is 6.29. The van der Waals surface area contributed by atoms with Gasteiger partial charge in [0.1, 0.15) is 5.82 Å². The van der Waals surface area contributed by atoms with Crippen molar-refractivity contribution in [3.8, 4) is 0 Å². The Morgan fingerprint density at radius 3 is 2.15 bits per heavy atom. The number of aryl methyl sites for hydroxylation is 2. The second kappa shape index (κ2) is 9.78. The third kappa shape index (κ3) is 4.75. The summed E-state index contributed by atoms with van der Waals surface area (Å²) in [5.74, 6) is -6.80. The summed E-state index contributed by atoms with van der Waals surface area (Å²) in [5.41, 5.74) is 0.923. The molecular weight excluding hydrogens is 438 g/mol. The minimum absolute atomic E-state index is 0.0152. The van der Waals surface area contributed by atoms with E-state index in [0.717, 1.165) is 44.2 Å². The van der Waals surface area contributed by atoms with E-state index >= 15 is 0 Å². The Labute approximate surface area is 189 Å². The Morgan fingerprint density at radius 1 is 0.727 bits per heavy atom. The van der Waals surface area contributed by atoms with Gasteiger partial charge in [0.15, 0.2) is 29.1 Å². The first-order valence-corrected chi connectivity index (χ1v) is 11.5. The Balaban J connectivity index is 1.51. The fourth-order valence-corrected chi connectivity index (χ4v) is 5.15. The van der Waals surface area contributed by atoms with Crippen LogP contribution in [0.1, 0.15) is 68.1 Å². The molecule has 0 atom stereocenters. The zero-order chi connectivity index (χ0) is 23.7. The number of hydrogen-bond donors (Lipinski definition) is 0. The highest BCUT2D eigenvalue weighted by Crippen LogP contribution is 2.39. The lowest BCUT2D eigenvalue weighted by molar-refractivity contribution is 0.302. The molecule has 1 saturated carbocycles. The van der Waals surface area contributed by atoms with E-state index in [0.29, 0.717) is 17.0 Å². The van der Waals surface area contributed by atoms with Crippen LogP contribution in [0.15, 0.2) is 30.3 Å². The highest BCUT2D eigenvalue weighted by molar-refractivity contribution is 5.84. The zero-order valence-corrected chi connectivity index (χ0v) is 18.5. The van der Waals surface area contributed by atoms with Crippen LogP contribution in [-0.2, 0) is 12.8 Å². The molecule has 33 heavy (non-hydrogen) atoms. The number of rotatable bonds is 6. The molecule has 1 aliphatic carbocycles. The topological polar surface area (TPSA) is 0 Å². The lowest BCUT2D eigenvalue weighted by Gasteiger charge is -2.29. The summed E-state index contributed by atoms with van der Waals surface area (Å²) in [6.45, 7) is 2.16. The van der Waals surface area contributed by atoms with Crippen molar-refractivity contribution in [3.05, 3.63) is 81.9 Å². The van der Waals surface area contributed by atoms with Crippen molar-refractivity contribution in [1.82, 2.24) is 0 Å². The average Bonchev–Trinajstić information content (AvgIpc) is 2.79. The van der Waals surface area contributed by atoms with Crippen LogP contribution in [0, 0.1) is 40.8 Å². The van der Waals surface area contributed by atoms with E-state index in [2.05, 4.69) is 6.92 Å². The Morgan fingerprint density at radius 2 is 1.45 bits per heavy atom. The highest BCUT2D eigenvalue weighted by atomic mass is 19.2. The number of hydrogen-bond acceptors (Lipinski definition) is 0. The third-order valence-corrected chi connectivity index (χ3v) is 6.94. The van der Waals surface area contributed by atoms with E-state index < -0.39 is 40.3 Å². The lowest BCUT2D eigenvalue weighted by atomic mass is 9.77. The van der Waals surface area contributed by atoms with Crippen LogP contribution >= 0.6 is 0 Å². The van der Waals surface area contributed by atoms with Crippen LogP contribution in [0.5, 0.6) is 0 Å². The summed E-state index contributed by atoms with van der Waals surface area (Å²) in [7, 11) is 0. The van der Waals surface area contributed by atoms with Gasteiger partial charge in [-0.1, -0.05) is 38.0 Å². The molecule has 6 heteroatoms. The first-order valence-electron chi connectivity index (χ1n) is 11.5. The summed E-state index contributed by atoms with van der Waals surface area (Å²) < 4.78 is 84.9. The van der Waals surface area contributed by atoms with Crippen LogP contribution in [0.25, 0.3) is 10.8 Å². The van der Waals surface area contributed by atoms with Gasteiger partial charge in [0.05, 0.1) is 5.39 Å². The second-order valence-electron chi connectivity index (χ2n) is 9.11. The van der Waals surface area contributed by atoms with Crippen LogP contribution in [0.3, 0.4) is 0 Å². The van der Waals surface area contributed by atoms with Gasteiger partial charge in [-0.2, -0.15) is 0 Å². The van der Waals surface area contributed by atoms with E-state index in [1.54, 1.807) is 12.1 Å². The van der Waals surface area contributed by atoms with Crippen molar-refractivity contribution in [2.45, 2.75) is 64.2 Å². The maximum absolute atomic E-state index is 14.9. The quantitative estimate of drug-likeness (QED) is 0.253. The molecule has 0 nitrogen and oxygen atoms in total. The molecule has 0 saturated heterocycles. The number of fused-ring (bicyclic) bond motifs is 1. The predicted molar refractivity (Wildman–Crippen MR) is 117 cm³/mol. The first-order chi connectivity index (χ1) is 15.8. The maximum Gasteiger partial charge on any atom is 0.195 e. The second-order valence-corrected chi connectivity index (χ2v) is 9.11. The van der Waals surface area contributed by atoms with Gasteiger partial charge in [0.2, 0.25) is 0 Å². The summed E-state index contributed by atoms with van der Waals surface area (Å²) in [5, 5.41) is -0.755. The van der Waals surface area contributed by atoms with Crippen LogP contribution in [-0.4, -0.2) is 0 Å². The van der Waals surface area contributed by atoms with Crippen molar-refractivity contribution in [2.24, 2.45) is 5.92 Å². The predicted octanol–water partition coefficient (Wildman–Crippen LogP) is 8.53. The number of benzene rings is 3. The SMILES string of the molecule is CCCC1CCC(c2ccc(CCc3cc(F)c4c(F)c(F)c(F)cc4c3)c(F)c2F)CC1. The van der Waals surface area contributed by atoms with Crippen LogP contribution in [0.2, 0.25) is 0 Å². The summed E-state index contributed by atoms with van der Waals surface area (Å²) in [4.78, 5) is 0. The van der Waals surface area contributed by atoms with E-state index in [1.165, 1.54) is 12.5 Å². The molecule has 1 fully saturated rings. The van der Waals surface area contributed by atoms with Crippen molar-refractivity contribution >= 4 is 10.8 Å². The van der Waals surface area contributed by atoms with Gasteiger partial charge in [-0.05, 0) is 84.6 Å². The Bertz CT molecular complexity index is 1160. The molecule has 0 aromatic heterocycles. The molecule has 4 rings (SSSR count). The van der Waals surface area contributed by atoms with Crippen molar-refractivity contribution in [3.63, 3.8) is 0 Å². The molecule has 1 aliphatic rings. The molecule has 0 bridgehead atoms. The molecule has 0 heterocycles. The summed E-state index contributed by atoms with van der Waals surface area (Å²) >= 11 is 0. The molecule has 0 amide bonds. The average molecular weight is 464 g/mol. The van der Waals surface area contributed by atoms with Gasteiger partial charge >= 0.3 is 0 Å². The zero-order valence-electron chi connectivity index (χ0n) is 18.5. The van der Waals surface area contributed by atoms with E-state index in [-0.39, 0.29) is 29.7 Å². The fraction of sp³-hybridized carbons (Fsp3) is 0.407. The highest BCUT2D eigenvalue weighted by Gasteiger charge is 2.26. The number of halogens is 6. The molecule has 0 spiro atoms. The van der Waals surface area contributed by atoms with Gasteiger partial charge in [-0.3, -0.25) is 0 Å².